The number of hydrogen-bond donors (Lipinski definition) is 0. The van der Waals surface area contributed by atoms with Gasteiger partial charge in [0.1, 0.15) is 5.75 Å². The van der Waals surface area contributed by atoms with Gasteiger partial charge in [-0.2, -0.15) is 0 Å². The van der Waals surface area contributed by atoms with Gasteiger partial charge in [-0.25, -0.2) is 0 Å². The third kappa shape index (κ3) is 3.19. The first-order chi connectivity index (χ1) is 9.15. The molecule has 0 unspecified atom stereocenters. The third-order valence-corrected chi connectivity index (χ3v) is 3.80. The molecule has 1 saturated heterocycles. The van der Waals surface area contributed by atoms with E-state index in [1.165, 1.54) is 0 Å². The predicted octanol–water partition coefficient (Wildman–Crippen LogP) is 2.13. The molecule has 1 aliphatic heterocycles. The largest absolute Gasteiger partial charge is 0.495 e. The monoisotopic (exact) mass is 282 g/mol. The fourth-order valence-corrected chi connectivity index (χ4v) is 2.51. The molecule has 5 heteroatoms. The first-order valence-corrected chi connectivity index (χ1v) is 6.88. The number of carbonyl (C=O) groups excluding carboxylic acids is 1. The van der Waals surface area contributed by atoms with E-state index in [9.17, 15) is 4.79 Å². The zero-order valence-corrected chi connectivity index (χ0v) is 12.1. The fourth-order valence-electron chi connectivity index (χ4n) is 2.25. The number of rotatable bonds is 3. The Balaban J connectivity index is 2.06. The van der Waals surface area contributed by atoms with Crippen LogP contribution in [0, 0.1) is 0 Å². The number of piperazine rings is 1. The molecule has 1 fully saturated rings. The van der Waals surface area contributed by atoms with Crippen LogP contribution in [0.2, 0.25) is 5.02 Å². The predicted molar refractivity (Wildman–Crippen MR) is 76.0 cm³/mol. The minimum absolute atomic E-state index is 0.0420. The molecular weight excluding hydrogens is 264 g/mol. The second kappa shape index (κ2) is 6.26. The Bertz CT molecular complexity index is 457. The molecule has 1 heterocycles. The Morgan fingerprint density at radius 1 is 1.32 bits per heavy atom. The van der Waals surface area contributed by atoms with Crippen molar-refractivity contribution in [1.82, 2.24) is 9.80 Å². The molecular formula is C14H19ClN2O2. The van der Waals surface area contributed by atoms with Crippen molar-refractivity contribution in [3.63, 3.8) is 0 Å². The van der Waals surface area contributed by atoms with Gasteiger partial charge in [0.2, 0.25) is 0 Å². The SMILES string of the molecule is CCN1CCN(C(=O)c2ccc(OC)c(Cl)c2)CC1. The molecule has 0 aliphatic carbocycles. The third-order valence-electron chi connectivity index (χ3n) is 3.51. The van der Waals surface area contributed by atoms with Gasteiger partial charge in [0, 0.05) is 31.7 Å². The molecule has 0 radical (unpaired) electrons. The molecule has 0 spiro atoms. The number of benzene rings is 1. The number of carbonyl (C=O) groups is 1. The van der Waals surface area contributed by atoms with E-state index >= 15 is 0 Å². The average molecular weight is 283 g/mol. The van der Waals surface area contributed by atoms with Gasteiger partial charge in [-0.05, 0) is 24.7 Å². The second-order valence-corrected chi connectivity index (χ2v) is 4.98. The fraction of sp³-hybridized carbons (Fsp3) is 0.500. The summed E-state index contributed by atoms with van der Waals surface area (Å²) in [7, 11) is 1.56. The van der Waals surface area contributed by atoms with Crippen molar-refractivity contribution < 1.29 is 9.53 Å². The maximum absolute atomic E-state index is 12.4. The number of hydrogen-bond acceptors (Lipinski definition) is 3. The molecule has 4 nitrogen and oxygen atoms in total. The lowest BCUT2D eigenvalue weighted by Crippen LogP contribution is -2.48. The van der Waals surface area contributed by atoms with Gasteiger partial charge in [0.05, 0.1) is 12.1 Å². The van der Waals surface area contributed by atoms with E-state index in [0.717, 1.165) is 32.7 Å². The summed E-state index contributed by atoms with van der Waals surface area (Å²) in [5.41, 5.74) is 0.621. The number of nitrogens with zero attached hydrogens (tertiary/aromatic N) is 2. The summed E-state index contributed by atoms with van der Waals surface area (Å²) in [6, 6.07) is 5.17. The molecule has 0 atom stereocenters. The molecule has 1 aromatic carbocycles. The van der Waals surface area contributed by atoms with E-state index in [-0.39, 0.29) is 5.91 Å². The molecule has 0 N–H and O–H groups in total. The Hall–Kier alpha value is -1.26. The first-order valence-electron chi connectivity index (χ1n) is 6.51. The van der Waals surface area contributed by atoms with Crippen LogP contribution in [0.4, 0.5) is 0 Å². The number of amides is 1. The van der Waals surface area contributed by atoms with Gasteiger partial charge >= 0.3 is 0 Å². The van der Waals surface area contributed by atoms with Crippen molar-refractivity contribution in [1.29, 1.82) is 0 Å². The Kier molecular flexibility index (Phi) is 4.66. The van der Waals surface area contributed by atoms with E-state index in [2.05, 4.69) is 11.8 Å². The van der Waals surface area contributed by atoms with Crippen molar-refractivity contribution in [3.05, 3.63) is 28.8 Å². The van der Waals surface area contributed by atoms with Gasteiger partial charge in [-0.1, -0.05) is 18.5 Å². The summed E-state index contributed by atoms with van der Waals surface area (Å²) >= 11 is 6.05. The van der Waals surface area contributed by atoms with Gasteiger partial charge in [-0.15, -0.1) is 0 Å². The zero-order valence-electron chi connectivity index (χ0n) is 11.4. The number of halogens is 1. The van der Waals surface area contributed by atoms with Crippen LogP contribution in [0.25, 0.3) is 0 Å². The molecule has 1 aliphatic rings. The average Bonchev–Trinajstić information content (AvgIpc) is 2.46. The molecule has 0 saturated carbocycles. The number of ether oxygens (including phenoxy) is 1. The molecule has 19 heavy (non-hydrogen) atoms. The standard InChI is InChI=1S/C14H19ClN2O2/c1-3-16-6-8-17(9-7-16)14(18)11-4-5-13(19-2)12(15)10-11/h4-5,10H,3,6-9H2,1-2H3. The summed E-state index contributed by atoms with van der Waals surface area (Å²) in [4.78, 5) is 16.6. The lowest BCUT2D eigenvalue weighted by atomic mass is 10.1. The van der Waals surface area contributed by atoms with Crippen molar-refractivity contribution in [3.8, 4) is 5.75 Å². The highest BCUT2D eigenvalue weighted by atomic mass is 35.5. The minimum atomic E-state index is 0.0420. The maximum atomic E-state index is 12.4. The molecule has 1 aromatic rings. The zero-order chi connectivity index (χ0) is 13.8. The Labute approximate surface area is 118 Å². The highest BCUT2D eigenvalue weighted by Crippen LogP contribution is 2.25. The summed E-state index contributed by atoms with van der Waals surface area (Å²) in [6.07, 6.45) is 0. The van der Waals surface area contributed by atoms with Crippen LogP contribution in [0.1, 0.15) is 17.3 Å². The first kappa shape index (κ1) is 14.2. The van der Waals surface area contributed by atoms with Crippen LogP contribution in [0.15, 0.2) is 18.2 Å². The van der Waals surface area contributed by atoms with Gasteiger partial charge in [0.15, 0.2) is 0 Å². The molecule has 0 bridgehead atoms. The summed E-state index contributed by atoms with van der Waals surface area (Å²) < 4.78 is 5.09. The van der Waals surface area contributed by atoms with Crippen LogP contribution in [-0.2, 0) is 0 Å². The molecule has 0 aromatic heterocycles. The van der Waals surface area contributed by atoms with Crippen LogP contribution in [0.3, 0.4) is 0 Å². The Morgan fingerprint density at radius 3 is 2.53 bits per heavy atom. The van der Waals surface area contributed by atoms with E-state index in [4.69, 9.17) is 16.3 Å². The van der Waals surface area contributed by atoms with Crippen LogP contribution < -0.4 is 4.74 Å². The van der Waals surface area contributed by atoms with Crippen molar-refractivity contribution in [2.24, 2.45) is 0 Å². The number of methoxy groups -OCH3 is 1. The van der Waals surface area contributed by atoms with E-state index < -0.39 is 0 Å². The van der Waals surface area contributed by atoms with E-state index in [0.29, 0.717) is 16.3 Å². The topological polar surface area (TPSA) is 32.8 Å². The van der Waals surface area contributed by atoms with Crippen LogP contribution in [-0.4, -0.2) is 55.5 Å². The summed E-state index contributed by atoms with van der Waals surface area (Å²) in [5, 5.41) is 0.473. The smallest absolute Gasteiger partial charge is 0.253 e. The van der Waals surface area contributed by atoms with Crippen molar-refractivity contribution in [2.45, 2.75) is 6.92 Å². The minimum Gasteiger partial charge on any atom is -0.495 e. The second-order valence-electron chi connectivity index (χ2n) is 4.58. The molecule has 1 amide bonds. The highest BCUT2D eigenvalue weighted by molar-refractivity contribution is 6.32. The normalized spacial score (nSPS) is 16.5. The van der Waals surface area contributed by atoms with Gasteiger partial charge in [0.25, 0.3) is 5.91 Å². The quantitative estimate of drug-likeness (QED) is 0.851. The van der Waals surface area contributed by atoms with Gasteiger partial charge in [-0.3, -0.25) is 4.79 Å². The lowest BCUT2D eigenvalue weighted by molar-refractivity contribution is 0.0643. The van der Waals surface area contributed by atoms with Gasteiger partial charge < -0.3 is 14.5 Å². The summed E-state index contributed by atoms with van der Waals surface area (Å²) in [6.45, 7) is 6.60. The highest BCUT2D eigenvalue weighted by Gasteiger charge is 2.21. The number of likely N-dealkylation sites (N-methyl/N-ethyl adjacent to an activating group) is 1. The van der Waals surface area contributed by atoms with E-state index in [1.54, 1.807) is 25.3 Å². The lowest BCUT2D eigenvalue weighted by Gasteiger charge is -2.34. The van der Waals surface area contributed by atoms with Crippen LogP contribution >= 0.6 is 11.6 Å². The maximum Gasteiger partial charge on any atom is 0.253 e. The summed E-state index contributed by atoms with van der Waals surface area (Å²) in [5.74, 6) is 0.634. The molecule has 104 valence electrons. The van der Waals surface area contributed by atoms with Crippen molar-refractivity contribution >= 4 is 17.5 Å². The van der Waals surface area contributed by atoms with Crippen LogP contribution in [0.5, 0.6) is 5.75 Å². The van der Waals surface area contributed by atoms with E-state index in [1.807, 2.05) is 4.90 Å². The molecule has 2 rings (SSSR count). The van der Waals surface area contributed by atoms with Crippen molar-refractivity contribution in [2.75, 3.05) is 39.8 Å². The Morgan fingerprint density at radius 2 is 2.00 bits per heavy atom.